The first kappa shape index (κ1) is 14.9. The number of rotatable bonds is 5. The number of hydrogen-bond acceptors (Lipinski definition) is 6. The van der Waals surface area contributed by atoms with Crippen LogP contribution in [0.25, 0.3) is 0 Å². The molecule has 0 aliphatic carbocycles. The highest BCUT2D eigenvalue weighted by Crippen LogP contribution is 2.14. The zero-order valence-corrected chi connectivity index (χ0v) is 11.2. The number of hydrogen-bond donors (Lipinski definition) is 3. The molecular weight excluding hydrogens is 280 g/mol. The molecule has 114 valence electrons. The SMILES string of the molecule is NC(=O)CC[C@H](N)C(=O)N1CCn2c(nnc2C(=O)O)C1. The predicted octanol–water partition coefficient (Wildman–Crippen LogP) is -2.09. The highest BCUT2D eigenvalue weighted by atomic mass is 16.4. The van der Waals surface area contributed by atoms with Crippen LogP contribution in [0.3, 0.4) is 0 Å². The van der Waals surface area contributed by atoms with Crippen LogP contribution in [0.15, 0.2) is 0 Å². The van der Waals surface area contributed by atoms with E-state index in [-0.39, 0.29) is 37.7 Å². The Hall–Kier alpha value is -2.49. The van der Waals surface area contributed by atoms with E-state index in [1.54, 1.807) is 0 Å². The van der Waals surface area contributed by atoms with E-state index in [0.717, 1.165) is 0 Å². The minimum absolute atomic E-state index is 0.0418. The highest BCUT2D eigenvalue weighted by Gasteiger charge is 2.29. The molecule has 2 amide bonds. The van der Waals surface area contributed by atoms with Crippen molar-refractivity contribution in [1.29, 1.82) is 0 Å². The fourth-order valence-electron chi connectivity index (χ4n) is 2.16. The summed E-state index contributed by atoms with van der Waals surface area (Å²) in [6, 6.07) is -0.814. The smallest absolute Gasteiger partial charge is 0.374 e. The lowest BCUT2D eigenvalue weighted by Gasteiger charge is -2.29. The Morgan fingerprint density at radius 2 is 2.00 bits per heavy atom. The third kappa shape index (κ3) is 3.16. The van der Waals surface area contributed by atoms with Crippen LogP contribution >= 0.6 is 0 Å². The lowest BCUT2D eigenvalue weighted by Crippen LogP contribution is -2.47. The Bertz CT molecular complexity index is 583. The Labute approximate surface area is 119 Å². The first-order chi connectivity index (χ1) is 9.90. The van der Waals surface area contributed by atoms with Crippen molar-refractivity contribution in [2.45, 2.75) is 32.0 Å². The van der Waals surface area contributed by atoms with E-state index in [9.17, 15) is 14.4 Å². The fourth-order valence-corrected chi connectivity index (χ4v) is 2.16. The Balaban J connectivity index is 2.02. The van der Waals surface area contributed by atoms with Gasteiger partial charge in [0, 0.05) is 19.5 Å². The van der Waals surface area contributed by atoms with E-state index in [1.807, 2.05) is 0 Å². The molecule has 2 heterocycles. The number of carboxylic acid groups (broad SMARTS) is 1. The van der Waals surface area contributed by atoms with E-state index in [4.69, 9.17) is 16.6 Å². The van der Waals surface area contributed by atoms with Crippen LogP contribution < -0.4 is 11.5 Å². The van der Waals surface area contributed by atoms with E-state index in [2.05, 4.69) is 10.2 Å². The quantitative estimate of drug-likeness (QED) is 0.562. The molecule has 0 radical (unpaired) electrons. The van der Waals surface area contributed by atoms with Crippen LogP contribution in [0, 0.1) is 0 Å². The summed E-state index contributed by atoms with van der Waals surface area (Å²) in [7, 11) is 0. The predicted molar refractivity (Wildman–Crippen MR) is 68.8 cm³/mol. The first-order valence-corrected chi connectivity index (χ1v) is 6.38. The largest absolute Gasteiger partial charge is 0.475 e. The van der Waals surface area contributed by atoms with Crippen LogP contribution in [0.1, 0.15) is 29.3 Å². The number of aromatic carboxylic acids is 1. The monoisotopic (exact) mass is 296 g/mol. The molecule has 1 aliphatic heterocycles. The van der Waals surface area contributed by atoms with E-state index < -0.39 is 17.9 Å². The molecule has 5 N–H and O–H groups in total. The molecule has 0 saturated heterocycles. The zero-order valence-electron chi connectivity index (χ0n) is 11.2. The van der Waals surface area contributed by atoms with Crippen molar-refractivity contribution in [1.82, 2.24) is 19.7 Å². The second-order valence-corrected chi connectivity index (χ2v) is 4.77. The van der Waals surface area contributed by atoms with E-state index in [0.29, 0.717) is 12.4 Å². The van der Waals surface area contributed by atoms with Crippen LogP contribution in [0.5, 0.6) is 0 Å². The van der Waals surface area contributed by atoms with Crippen LogP contribution in [0.4, 0.5) is 0 Å². The number of carbonyl (C=O) groups excluding carboxylic acids is 2. The van der Waals surface area contributed by atoms with Crippen molar-refractivity contribution in [2.75, 3.05) is 6.54 Å². The van der Waals surface area contributed by atoms with E-state index in [1.165, 1.54) is 9.47 Å². The summed E-state index contributed by atoms with van der Waals surface area (Å²) in [6.07, 6.45) is 0.220. The maximum absolute atomic E-state index is 12.1. The molecule has 21 heavy (non-hydrogen) atoms. The number of carboxylic acids is 1. The van der Waals surface area contributed by atoms with Crippen molar-refractivity contribution in [3.05, 3.63) is 11.6 Å². The molecule has 1 aromatic heterocycles. The number of carbonyl (C=O) groups is 3. The second-order valence-electron chi connectivity index (χ2n) is 4.77. The minimum Gasteiger partial charge on any atom is -0.475 e. The lowest BCUT2D eigenvalue weighted by molar-refractivity contribution is -0.134. The van der Waals surface area contributed by atoms with Gasteiger partial charge in [-0.2, -0.15) is 0 Å². The number of aromatic nitrogens is 3. The lowest BCUT2D eigenvalue weighted by atomic mass is 10.1. The molecule has 10 heteroatoms. The Morgan fingerprint density at radius 3 is 2.62 bits per heavy atom. The Morgan fingerprint density at radius 1 is 1.29 bits per heavy atom. The summed E-state index contributed by atoms with van der Waals surface area (Å²) < 4.78 is 1.46. The number of fused-ring (bicyclic) bond motifs is 1. The highest BCUT2D eigenvalue weighted by molar-refractivity contribution is 5.84. The average Bonchev–Trinajstić information content (AvgIpc) is 2.86. The molecule has 0 fully saturated rings. The van der Waals surface area contributed by atoms with Crippen molar-refractivity contribution in [3.8, 4) is 0 Å². The third-order valence-electron chi connectivity index (χ3n) is 3.28. The number of nitrogens with zero attached hydrogens (tertiary/aromatic N) is 4. The summed E-state index contributed by atoms with van der Waals surface area (Å²) in [5.41, 5.74) is 10.8. The van der Waals surface area contributed by atoms with Gasteiger partial charge in [-0.15, -0.1) is 10.2 Å². The number of nitrogens with two attached hydrogens (primary N) is 2. The maximum Gasteiger partial charge on any atom is 0.374 e. The number of amides is 2. The van der Waals surface area contributed by atoms with Crippen LogP contribution in [-0.2, 0) is 22.7 Å². The molecular formula is C11H16N6O4. The van der Waals surface area contributed by atoms with Crippen molar-refractivity contribution in [3.63, 3.8) is 0 Å². The molecule has 0 aromatic carbocycles. The molecule has 1 atom stereocenters. The van der Waals surface area contributed by atoms with Gasteiger partial charge in [-0.25, -0.2) is 4.79 Å². The molecule has 2 rings (SSSR count). The summed E-state index contributed by atoms with van der Waals surface area (Å²) in [5.74, 6) is -1.74. The third-order valence-corrected chi connectivity index (χ3v) is 3.28. The van der Waals surface area contributed by atoms with Gasteiger partial charge in [0.05, 0.1) is 12.6 Å². The van der Waals surface area contributed by atoms with Gasteiger partial charge < -0.3 is 26.0 Å². The first-order valence-electron chi connectivity index (χ1n) is 6.38. The Kier molecular flexibility index (Phi) is 4.17. The zero-order chi connectivity index (χ0) is 15.6. The average molecular weight is 296 g/mol. The van der Waals surface area contributed by atoms with Gasteiger partial charge >= 0.3 is 5.97 Å². The molecule has 1 aromatic rings. The molecule has 10 nitrogen and oxygen atoms in total. The van der Waals surface area contributed by atoms with Crippen molar-refractivity contribution >= 4 is 17.8 Å². The molecule has 0 spiro atoms. The summed E-state index contributed by atoms with van der Waals surface area (Å²) in [6.45, 7) is 0.746. The van der Waals surface area contributed by atoms with Gasteiger partial charge in [0.25, 0.3) is 0 Å². The summed E-state index contributed by atoms with van der Waals surface area (Å²) in [4.78, 5) is 35.2. The number of primary amides is 1. The standard InChI is InChI=1S/C11H16N6O4/c12-6(1-2-7(13)18)10(19)16-3-4-17-8(5-16)14-15-9(17)11(20)21/h6H,1-5,12H2,(H2,13,18)(H,20,21)/t6-/m0/s1. The molecule has 0 bridgehead atoms. The topological polar surface area (TPSA) is 157 Å². The van der Waals surface area contributed by atoms with E-state index >= 15 is 0 Å². The minimum atomic E-state index is -1.16. The normalized spacial score (nSPS) is 15.4. The van der Waals surface area contributed by atoms with Gasteiger partial charge in [-0.05, 0) is 6.42 Å². The molecule has 1 aliphatic rings. The summed E-state index contributed by atoms with van der Waals surface area (Å²) >= 11 is 0. The molecule has 0 saturated carbocycles. The molecule has 0 unspecified atom stereocenters. The van der Waals surface area contributed by atoms with Gasteiger partial charge in [0.2, 0.25) is 17.6 Å². The maximum atomic E-state index is 12.1. The fraction of sp³-hybridized carbons (Fsp3) is 0.545. The second kappa shape index (κ2) is 5.87. The van der Waals surface area contributed by atoms with Gasteiger partial charge in [0.15, 0.2) is 5.82 Å². The van der Waals surface area contributed by atoms with Crippen molar-refractivity contribution < 1.29 is 19.5 Å². The van der Waals surface area contributed by atoms with Gasteiger partial charge in [-0.3, -0.25) is 9.59 Å². The van der Waals surface area contributed by atoms with Crippen LogP contribution in [0.2, 0.25) is 0 Å². The van der Waals surface area contributed by atoms with Crippen LogP contribution in [-0.4, -0.2) is 55.1 Å². The van der Waals surface area contributed by atoms with Gasteiger partial charge in [0.1, 0.15) is 0 Å². The van der Waals surface area contributed by atoms with Gasteiger partial charge in [-0.1, -0.05) is 0 Å². The summed E-state index contributed by atoms with van der Waals surface area (Å²) in [5, 5.41) is 16.3. The van der Waals surface area contributed by atoms with Crippen molar-refractivity contribution in [2.24, 2.45) is 11.5 Å².